The fraction of sp³-hybridized carbons (Fsp3) is 0.500. The van der Waals surface area contributed by atoms with E-state index in [1.54, 1.807) is 14.0 Å². The molecule has 0 bridgehead atoms. The maximum Gasteiger partial charge on any atom is 0.119 e. The maximum absolute atomic E-state index is 8.60. The van der Waals surface area contributed by atoms with Crippen LogP contribution in [0.5, 0.6) is 5.75 Å². The van der Waals surface area contributed by atoms with E-state index in [-0.39, 0.29) is 6.10 Å². The zero-order valence-corrected chi connectivity index (χ0v) is 11.2. The lowest BCUT2D eigenvalue weighted by molar-refractivity contribution is 0.135. The number of benzene rings is 1. The molecule has 0 heterocycles. The van der Waals surface area contributed by atoms with Crippen LogP contribution in [-0.4, -0.2) is 30.7 Å². The van der Waals surface area contributed by atoms with Crippen molar-refractivity contribution in [3.05, 3.63) is 29.8 Å². The van der Waals surface area contributed by atoms with Crippen molar-refractivity contribution in [1.29, 1.82) is 0 Å². The highest BCUT2D eigenvalue weighted by molar-refractivity contribution is 5.83. The fourth-order valence-corrected chi connectivity index (χ4v) is 1.59. The largest absolute Gasteiger partial charge is 0.491 e. The lowest BCUT2D eigenvalue weighted by atomic mass is 10.1. The van der Waals surface area contributed by atoms with Gasteiger partial charge in [0.25, 0.3) is 0 Å². The summed E-state index contributed by atoms with van der Waals surface area (Å²) in [5.41, 5.74) is 1.79. The zero-order chi connectivity index (χ0) is 13.4. The van der Waals surface area contributed by atoms with E-state index in [4.69, 9.17) is 14.7 Å². The molecule has 100 valence electrons. The van der Waals surface area contributed by atoms with Gasteiger partial charge in [-0.05, 0) is 31.5 Å². The van der Waals surface area contributed by atoms with Gasteiger partial charge in [-0.2, -0.15) is 0 Å². The standard InChI is InChI=1S/C14H21NO3/c1-11(15-16)10-13-4-6-14(7-5-13)18-12(2)8-9-17-3/h4-7,12,16H,8-10H2,1-3H3/b15-11+. The van der Waals surface area contributed by atoms with Gasteiger partial charge in [-0.3, -0.25) is 0 Å². The number of hydrogen-bond donors (Lipinski definition) is 1. The first-order valence-electron chi connectivity index (χ1n) is 6.07. The minimum absolute atomic E-state index is 0.136. The average Bonchev–Trinajstić information content (AvgIpc) is 2.38. The summed E-state index contributed by atoms with van der Waals surface area (Å²) in [6.45, 7) is 4.51. The molecule has 0 radical (unpaired) electrons. The van der Waals surface area contributed by atoms with Gasteiger partial charge in [-0.25, -0.2) is 0 Å². The van der Waals surface area contributed by atoms with Gasteiger partial charge in [0.1, 0.15) is 5.75 Å². The summed E-state index contributed by atoms with van der Waals surface area (Å²) in [5, 5.41) is 11.8. The Morgan fingerprint density at radius 1 is 1.33 bits per heavy atom. The van der Waals surface area contributed by atoms with Crippen LogP contribution in [0.25, 0.3) is 0 Å². The molecule has 0 aliphatic heterocycles. The van der Waals surface area contributed by atoms with Crippen LogP contribution in [0.15, 0.2) is 29.4 Å². The molecule has 0 aromatic heterocycles. The molecule has 0 saturated carbocycles. The van der Waals surface area contributed by atoms with Crippen molar-refractivity contribution in [2.75, 3.05) is 13.7 Å². The summed E-state index contributed by atoms with van der Waals surface area (Å²) < 4.78 is 10.8. The highest BCUT2D eigenvalue weighted by Crippen LogP contribution is 2.15. The van der Waals surface area contributed by atoms with E-state index < -0.39 is 0 Å². The molecule has 4 nitrogen and oxygen atoms in total. The molecule has 1 aromatic rings. The van der Waals surface area contributed by atoms with E-state index in [9.17, 15) is 0 Å². The maximum atomic E-state index is 8.60. The number of methoxy groups -OCH3 is 1. The topological polar surface area (TPSA) is 51.0 Å². The quantitative estimate of drug-likeness (QED) is 0.460. The van der Waals surface area contributed by atoms with Gasteiger partial charge in [0, 0.05) is 26.6 Å². The molecular formula is C14H21NO3. The van der Waals surface area contributed by atoms with Crippen molar-refractivity contribution in [3.63, 3.8) is 0 Å². The van der Waals surface area contributed by atoms with Crippen LogP contribution in [0, 0.1) is 0 Å². The Morgan fingerprint density at radius 3 is 2.56 bits per heavy atom. The Morgan fingerprint density at radius 2 is 2.00 bits per heavy atom. The third-order valence-corrected chi connectivity index (χ3v) is 2.62. The van der Waals surface area contributed by atoms with Crippen molar-refractivity contribution in [1.82, 2.24) is 0 Å². The second kappa shape index (κ2) is 7.71. The van der Waals surface area contributed by atoms with Gasteiger partial charge < -0.3 is 14.7 Å². The van der Waals surface area contributed by atoms with Gasteiger partial charge in [-0.15, -0.1) is 0 Å². The molecule has 0 amide bonds. The van der Waals surface area contributed by atoms with Crippen molar-refractivity contribution >= 4 is 5.71 Å². The molecule has 4 heteroatoms. The normalized spacial score (nSPS) is 13.4. The van der Waals surface area contributed by atoms with Gasteiger partial charge in [-0.1, -0.05) is 17.3 Å². The Hall–Kier alpha value is -1.55. The van der Waals surface area contributed by atoms with E-state index in [0.717, 1.165) is 17.7 Å². The molecule has 1 unspecified atom stereocenters. The van der Waals surface area contributed by atoms with Crippen LogP contribution in [0.3, 0.4) is 0 Å². The molecule has 1 N–H and O–H groups in total. The Labute approximate surface area is 108 Å². The summed E-state index contributed by atoms with van der Waals surface area (Å²) in [6, 6.07) is 7.83. The highest BCUT2D eigenvalue weighted by Gasteiger charge is 2.04. The van der Waals surface area contributed by atoms with Crippen LogP contribution in [0.1, 0.15) is 25.8 Å². The van der Waals surface area contributed by atoms with Gasteiger partial charge >= 0.3 is 0 Å². The number of nitrogens with zero attached hydrogens (tertiary/aromatic N) is 1. The van der Waals surface area contributed by atoms with E-state index in [0.29, 0.717) is 18.7 Å². The molecule has 18 heavy (non-hydrogen) atoms. The Bertz CT molecular complexity index is 373. The average molecular weight is 251 g/mol. The van der Waals surface area contributed by atoms with E-state index in [1.807, 2.05) is 31.2 Å². The fourth-order valence-electron chi connectivity index (χ4n) is 1.59. The summed E-state index contributed by atoms with van der Waals surface area (Å²) in [6.07, 6.45) is 1.65. The highest BCUT2D eigenvalue weighted by atomic mass is 16.5. The molecular weight excluding hydrogens is 230 g/mol. The van der Waals surface area contributed by atoms with E-state index >= 15 is 0 Å². The lowest BCUT2D eigenvalue weighted by Crippen LogP contribution is -2.14. The summed E-state index contributed by atoms with van der Waals surface area (Å²) >= 11 is 0. The second-order valence-corrected chi connectivity index (χ2v) is 4.37. The van der Waals surface area contributed by atoms with Gasteiger partial charge in [0.15, 0.2) is 0 Å². The Kier molecular flexibility index (Phi) is 6.22. The lowest BCUT2D eigenvalue weighted by Gasteiger charge is -2.14. The van der Waals surface area contributed by atoms with Crippen LogP contribution >= 0.6 is 0 Å². The number of rotatable bonds is 7. The Balaban J connectivity index is 2.49. The van der Waals surface area contributed by atoms with Crippen molar-refractivity contribution in [3.8, 4) is 5.75 Å². The van der Waals surface area contributed by atoms with E-state index in [1.165, 1.54) is 0 Å². The molecule has 0 aliphatic rings. The molecule has 0 fully saturated rings. The number of hydrogen-bond acceptors (Lipinski definition) is 4. The first kappa shape index (κ1) is 14.5. The monoisotopic (exact) mass is 251 g/mol. The van der Waals surface area contributed by atoms with Crippen LogP contribution in [0.2, 0.25) is 0 Å². The zero-order valence-electron chi connectivity index (χ0n) is 11.2. The molecule has 1 aromatic carbocycles. The van der Waals surface area contributed by atoms with Gasteiger partial charge in [0.05, 0.1) is 11.8 Å². The summed E-state index contributed by atoms with van der Waals surface area (Å²) in [4.78, 5) is 0. The third kappa shape index (κ3) is 5.19. The first-order valence-corrected chi connectivity index (χ1v) is 6.07. The van der Waals surface area contributed by atoms with Crippen molar-refractivity contribution in [2.45, 2.75) is 32.8 Å². The van der Waals surface area contributed by atoms with Crippen LogP contribution in [-0.2, 0) is 11.2 Å². The predicted molar refractivity (Wildman–Crippen MR) is 71.6 cm³/mol. The summed E-state index contributed by atoms with van der Waals surface area (Å²) in [5.74, 6) is 0.848. The summed E-state index contributed by atoms with van der Waals surface area (Å²) in [7, 11) is 1.69. The second-order valence-electron chi connectivity index (χ2n) is 4.37. The van der Waals surface area contributed by atoms with E-state index in [2.05, 4.69) is 5.16 Å². The molecule has 0 saturated heterocycles. The van der Waals surface area contributed by atoms with Crippen LogP contribution in [0.4, 0.5) is 0 Å². The van der Waals surface area contributed by atoms with Crippen molar-refractivity contribution in [2.24, 2.45) is 5.16 Å². The van der Waals surface area contributed by atoms with Gasteiger partial charge in [0.2, 0.25) is 0 Å². The molecule has 0 aliphatic carbocycles. The third-order valence-electron chi connectivity index (χ3n) is 2.62. The SMILES string of the molecule is COCCC(C)Oc1ccc(C/C(C)=N/O)cc1. The number of oxime groups is 1. The molecule has 0 spiro atoms. The minimum Gasteiger partial charge on any atom is -0.491 e. The number of ether oxygens (including phenoxy) is 2. The molecule has 1 rings (SSSR count). The minimum atomic E-state index is 0.136. The van der Waals surface area contributed by atoms with Crippen molar-refractivity contribution < 1.29 is 14.7 Å². The van der Waals surface area contributed by atoms with Crippen LogP contribution < -0.4 is 4.74 Å². The smallest absolute Gasteiger partial charge is 0.119 e. The predicted octanol–water partition coefficient (Wildman–Crippen LogP) is 2.88. The molecule has 1 atom stereocenters. The first-order chi connectivity index (χ1) is 8.65.